The lowest BCUT2D eigenvalue weighted by Gasteiger charge is -2.32. The van der Waals surface area contributed by atoms with Gasteiger partial charge in [-0.15, -0.1) is 0 Å². The molecule has 3 rings (SSSR count). The first kappa shape index (κ1) is 29.5. The lowest BCUT2D eigenvalue weighted by Crippen LogP contribution is -2.51. The average molecular weight is 577 g/mol. The lowest BCUT2D eigenvalue weighted by molar-refractivity contribution is -0.139. The minimum atomic E-state index is -4.13. The van der Waals surface area contributed by atoms with Crippen molar-refractivity contribution in [3.05, 3.63) is 94.5 Å². The number of carbonyl (C=O) groups excluding carboxylic acids is 2. The van der Waals surface area contributed by atoms with Crippen molar-refractivity contribution in [2.24, 2.45) is 0 Å². The molecule has 0 saturated heterocycles. The predicted molar refractivity (Wildman–Crippen MR) is 152 cm³/mol. The van der Waals surface area contributed by atoms with E-state index in [-0.39, 0.29) is 23.0 Å². The first-order valence-electron chi connectivity index (χ1n) is 12.3. The van der Waals surface area contributed by atoms with E-state index in [0.717, 1.165) is 22.7 Å². The number of anilines is 1. The lowest BCUT2D eigenvalue weighted by atomic mass is 10.1. The Labute approximate surface area is 234 Å². The largest absolute Gasteiger partial charge is 0.354 e. The van der Waals surface area contributed by atoms with Crippen molar-refractivity contribution in [1.29, 1.82) is 0 Å². The summed E-state index contributed by atoms with van der Waals surface area (Å²) < 4.78 is 28.4. The molecule has 202 valence electrons. The van der Waals surface area contributed by atoms with Crippen molar-refractivity contribution in [3.8, 4) is 0 Å². The molecule has 0 aromatic heterocycles. The molecule has 0 heterocycles. The van der Waals surface area contributed by atoms with Crippen LogP contribution < -0.4 is 9.62 Å². The summed E-state index contributed by atoms with van der Waals surface area (Å²) in [5, 5.41) is 3.72. The molecule has 0 radical (unpaired) electrons. The van der Waals surface area contributed by atoms with Crippen LogP contribution in [0.3, 0.4) is 0 Å². The second-order valence-corrected chi connectivity index (χ2v) is 11.5. The molecule has 0 fully saturated rings. The van der Waals surface area contributed by atoms with Gasteiger partial charge in [0, 0.05) is 23.1 Å². The van der Waals surface area contributed by atoms with Crippen LogP contribution in [-0.2, 0) is 26.2 Å². The Bertz CT molecular complexity index is 1340. The van der Waals surface area contributed by atoms with Gasteiger partial charge in [-0.1, -0.05) is 72.9 Å². The number of unbranched alkanes of at least 4 members (excludes halogenated alkanes) is 1. The van der Waals surface area contributed by atoms with Crippen molar-refractivity contribution < 1.29 is 18.0 Å². The maximum Gasteiger partial charge on any atom is 0.264 e. The smallest absolute Gasteiger partial charge is 0.264 e. The molecule has 0 saturated carbocycles. The van der Waals surface area contributed by atoms with Crippen molar-refractivity contribution in [3.63, 3.8) is 0 Å². The van der Waals surface area contributed by atoms with E-state index in [4.69, 9.17) is 23.2 Å². The quantitative estimate of drug-likeness (QED) is 0.288. The van der Waals surface area contributed by atoms with E-state index in [1.165, 1.54) is 23.1 Å². The van der Waals surface area contributed by atoms with E-state index in [1.54, 1.807) is 67.6 Å². The van der Waals surface area contributed by atoms with Crippen molar-refractivity contribution in [2.75, 3.05) is 17.4 Å². The number of hydrogen-bond acceptors (Lipinski definition) is 4. The van der Waals surface area contributed by atoms with Gasteiger partial charge >= 0.3 is 0 Å². The van der Waals surface area contributed by atoms with Crippen LogP contribution >= 0.6 is 23.2 Å². The third-order valence-electron chi connectivity index (χ3n) is 5.97. The Hall–Kier alpha value is -3.07. The van der Waals surface area contributed by atoms with E-state index in [0.29, 0.717) is 16.6 Å². The summed E-state index contributed by atoms with van der Waals surface area (Å²) >= 11 is 12.2. The van der Waals surface area contributed by atoms with E-state index < -0.39 is 28.5 Å². The first-order chi connectivity index (χ1) is 18.1. The van der Waals surface area contributed by atoms with Crippen LogP contribution in [0.15, 0.2) is 83.8 Å². The van der Waals surface area contributed by atoms with Gasteiger partial charge in [0.1, 0.15) is 12.6 Å². The zero-order valence-electron chi connectivity index (χ0n) is 21.3. The molecule has 38 heavy (non-hydrogen) atoms. The summed E-state index contributed by atoms with van der Waals surface area (Å²) in [6.45, 7) is 3.69. The van der Waals surface area contributed by atoms with Gasteiger partial charge in [-0.3, -0.25) is 13.9 Å². The SMILES string of the molecule is CCCCNC(=O)[C@@H](C)N(Cc1ccc(Cl)cc1)C(=O)CN(c1cccc(Cl)c1)S(=O)(=O)c1ccccc1. The number of amides is 2. The van der Waals surface area contributed by atoms with E-state index in [9.17, 15) is 18.0 Å². The minimum Gasteiger partial charge on any atom is -0.354 e. The fourth-order valence-electron chi connectivity index (χ4n) is 3.78. The van der Waals surface area contributed by atoms with Crippen LogP contribution in [-0.4, -0.2) is 44.3 Å². The molecule has 1 atom stereocenters. The normalized spacial score (nSPS) is 12.0. The monoisotopic (exact) mass is 575 g/mol. The highest BCUT2D eigenvalue weighted by atomic mass is 35.5. The third kappa shape index (κ3) is 7.72. The van der Waals surface area contributed by atoms with Crippen molar-refractivity contribution >= 4 is 50.7 Å². The number of sulfonamides is 1. The molecular weight excluding hydrogens is 545 g/mol. The van der Waals surface area contributed by atoms with Crippen LogP contribution in [0, 0.1) is 0 Å². The molecule has 0 spiro atoms. The Morgan fingerprint density at radius 3 is 2.24 bits per heavy atom. The summed E-state index contributed by atoms with van der Waals surface area (Å²) in [7, 11) is -4.13. The van der Waals surface area contributed by atoms with Gasteiger partial charge in [0.05, 0.1) is 10.6 Å². The van der Waals surface area contributed by atoms with Crippen LogP contribution in [0.2, 0.25) is 10.0 Å². The number of benzene rings is 3. The summed E-state index contributed by atoms with van der Waals surface area (Å²) in [4.78, 5) is 28.2. The molecule has 0 unspecified atom stereocenters. The number of nitrogens with one attached hydrogen (secondary N) is 1. The molecule has 1 N–H and O–H groups in total. The molecule has 7 nitrogen and oxygen atoms in total. The summed E-state index contributed by atoms with van der Waals surface area (Å²) in [5.74, 6) is -0.862. The molecule has 3 aromatic rings. The Morgan fingerprint density at radius 2 is 1.61 bits per heavy atom. The Morgan fingerprint density at radius 1 is 0.921 bits per heavy atom. The molecule has 10 heteroatoms. The minimum absolute atomic E-state index is 0.0300. The molecule has 2 amide bonds. The number of rotatable bonds is 12. The van der Waals surface area contributed by atoms with Crippen molar-refractivity contribution in [1.82, 2.24) is 10.2 Å². The van der Waals surface area contributed by atoms with Crippen molar-refractivity contribution in [2.45, 2.75) is 44.2 Å². The van der Waals surface area contributed by atoms with Gasteiger partial charge in [-0.05, 0) is 61.4 Å². The average Bonchev–Trinajstić information content (AvgIpc) is 2.91. The van der Waals surface area contributed by atoms with Gasteiger partial charge in [0.2, 0.25) is 11.8 Å². The molecule has 0 aliphatic carbocycles. The summed E-state index contributed by atoms with van der Waals surface area (Å²) in [6, 6.07) is 20.2. The number of carbonyl (C=O) groups is 2. The van der Waals surface area contributed by atoms with E-state index in [1.807, 2.05) is 6.92 Å². The first-order valence-corrected chi connectivity index (χ1v) is 14.5. The fraction of sp³-hybridized carbons (Fsp3) is 0.286. The van der Waals surface area contributed by atoms with E-state index >= 15 is 0 Å². The Kier molecular flexibility index (Phi) is 10.6. The third-order valence-corrected chi connectivity index (χ3v) is 8.24. The highest BCUT2D eigenvalue weighted by Gasteiger charge is 2.32. The van der Waals surface area contributed by atoms with E-state index in [2.05, 4.69) is 5.32 Å². The summed E-state index contributed by atoms with van der Waals surface area (Å²) in [6.07, 6.45) is 1.72. The zero-order chi connectivity index (χ0) is 27.7. The van der Waals surface area contributed by atoms with Gasteiger partial charge in [0.25, 0.3) is 10.0 Å². The molecular formula is C28H31Cl2N3O4S. The second kappa shape index (κ2) is 13.6. The molecule has 3 aromatic carbocycles. The second-order valence-electron chi connectivity index (χ2n) is 8.77. The predicted octanol–water partition coefficient (Wildman–Crippen LogP) is 5.52. The Balaban J connectivity index is 1.98. The van der Waals surface area contributed by atoms with Gasteiger partial charge < -0.3 is 10.2 Å². The molecule has 0 aliphatic rings. The molecule has 0 bridgehead atoms. The number of halogens is 2. The van der Waals surface area contributed by atoms with Gasteiger partial charge in [0.15, 0.2) is 0 Å². The maximum absolute atomic E-state index is 13.8. The number of nitrogens with zero attached hydrogens (tertiary/aromatic N) is 2. The standard InChI is InChI=1S/C28H31Cl2N3O4S/c1-3-4-17-31-28(35)21(2)32(19-22-13-15-23(29)16-14-22)27(34)20-33(25-10-8-9-24(30)18-25)38(36,37)26-11-6-5-7-12-26/h5-16,18,21H,3-4,17,19-20H2,1-2H3,(H,31,35)/t21-/m1/s1. The van der Waals surface area contributed by atoms with Gasteiger partial charge in [-0.25, -0.2) is 8.42 Å². The van der Waals surface area contributed by atoms with Crippen LogP contribution in [0.5, 0.6) is 0 Å². The number of hydrogen-bond donors (Lipinski definition) is 1. The summed E-state index contributed by atoms with van der Waals surface area (Å²) in [5.41, 5.74) is 0.984. The maximum atomic E-state index is 13.8. The van der Waals surface area contributed by atoms with Crippen LogP contribution in [0.1, 0.15) is 32.3 Å². The molecule has 0 aliphatic heterocycles. The highest BCUT2D eigenvalue weighted by molar-refractivity contribution is 7.92. The zero-order valence-corrected chi connectivity index (χ0v) is 23.6. The highest BCUT2D eigenvalue weighted by Crippen LogP contribution is 2.27. The van der Waals surface area contributed by atoms with Gasteiger partial charge in [-0.2, -0.15) is 0 Å². The fourth-order valence-corrected chi connectivity index (χ4v) is 5.52. The topological polar surface area (TPSA) is 86.8 Å². The van der Waals surface area contributed by atoms with Crippen LogP contribution in [0.25, 0.3) is 0 Å². The van der Waals surface area contributed by atoms with Crippen LogP contribution in [0.4, 0.5) is 5.69 Å².